The first-order valence-corrected chi connectivity index (χ1v) is 6.47. The van der Waals surface area contributed by atoms with E-state index in [0.717, 1.165) is 6.42 Å². The predicted octanol–water partition coefficient (Wildman–Crippen LogP) is 2.97. The third-order valence-electron chi connectivity index (χ3n) is 2.94. The predicted molar refractivity (Wildman–Crippen MR) is 63.9 cm³/mol. The van der Waals surface area contributed by atoms with Crippen molar-refractivity contribution < 1.29 is 36.6 Å². The van der Waals surface area contributed by atoms with Gasteiger partial charge in [-0.1, -0.05) is 19.8 Å². The van der Waals surface area contributed by atoms with Gasteiger partial charge < -0.3 is 10.4 Å². The largest absolute Gasteiger partial charge is 0.481 e. The number of carboxylic acid groups (broad SMARTS) is 1. The number of aliphatic carboxylic acids is 1. The minimum absolute atomic E-state index is 0.114. The van der Waals surface area contributed by atoms with Crippen LogP contribution in [0.2, 0.25) is 0 Å². The van der Waals surface area contributed by atoms with Gasteiger partial charge in [0.25, 0.3) is 5.91 Å². The fraction of sp³-hybridized carbons (Fsp3) is 0.833. The Labute approximate surface area is 118 Å². The summed E-state index contributed by atoms with van der Waals surface area (Å²) in [5.74, 6) is -8.97. The molecule has 0 bridgehead atoms. The summed E-state index contributed by atoms with van der Waals surface area (Å²) < 4.78 is 61.0. The monoisotopic (exact) mass is 319 g/mol. The van der Waals surface area contributed by atoms with Crippen molar-refractivity contribution in [2.24, 2.45) is 5.92 Å². The number of rotatable bonds is 9. The van der Waals surface area contributed by atoms with E-state index in [1.54, 1.807) is 5.32 Å². The molecular weight excluding hydrogens is 301 g/mol. The maximum absolute atomic E-state index is 12.6. The van der Waals surface area contributed by atoms with Crippen LogP contribution in [-0.4, -0.2) is 35.6 Å². The van der Waals surface area contributed by atoms with E-state index in [9.17, 15) is 31.5 Å². The number of carbonyl (C=O) groups excluding carboxylic acids is 1. The summed E-state index contributed by atoms with van der Waals surface area (Å²) in [6, 6.07) is 0. The van der Waals surface area contributed by atoms with Crippen molar-refractivity contribution in [3.8, 4) is 0 Å². The summed E-state index contributed by atoms with van der Waals surface area (Å²) in [7, 11) is 0. The SMILES string of the molecule is CCCC(CCNC(=O)C(F)(F)C(F)(F)F)CCC(=O)O. The molecule has 1 amide bonds. The van der Waals surface area contributed by atoms with Crippen LogP contribution in [-0.2, 0) is 9.59 Å². The van der Waals surface area contributed by atoms with Crippen molar-refractivity contribution >= 4 is 11.9 Å². The summed E-state index contributed by atoms with van der Waals surface area (Å²) in [6.07, 6.45) is -4.27. The molecule has 0 saturated carbocycles. The smallest absolute Gasteiger partial charge is 0.463 e. The summed E-state index contributed by atoms with van der Waals surface area (Å²) in [5.41, 5.74) is 0. The first kappa shape index (κ1) is 19.6. The number of hydrogen-bond donors (Lipinski definition) is 2. The van der Waals surface area contributed by atoms with Crippen LogP contribution in [0.3, 0.4) is 0 Å². The summed E-state index contributed by atoms with van der Waals surface area (Å²) in [6.45, 7) is 1.49. The molecule has 4 nitrogen and oxygen atoms in total. The number of carbonyl (C=O) groups is 2. The summed E-state index contributed by atoms with van der Waals surface area (Å²) in [5, 5.41) is 10.1. The molecule has 0 aliphatic rings. The van der Waals surface area contributed by atoms with E-state index in [0.29, 0.717) is 6.42 Å². The van der Waals surface area contributed by atoms with Crippen LogP contribution in [0.15, 0.2) is 0 Å². The number of nitrogens with one attached hydrogen (secondary N) is 1. The third kappa shape index (κ3) is 6.72. The van der Waals surface area contributed by atoms with E-state index < -0.39 is 24.0 Å². The van der Waals surface area contributed by atoms with Crippen LogP contribution in [0.25, 0.3) is 0 Å². The first-order valence-electron chi connectivity index (χ1n) is 6.47. The molecule has 0 aliphatic heterocycles. The maximum atomic E-state index is 12.6. The van der Waals surface area contributed by atoms with Crippen LogP contribution in [0.5, 0.6) is 0 Å². The zero-order chi connectivity index (χ0) is 16.7. The van der Waals surface area contributed by atoms with Crippen molar-refractivity contribution in [3.63, 3.8) is 0 Å². The standard InChI is InChI=1S/C12H18F5NO3/c1-2-3-8(4-5-9(19)20)6-7-18-10(21)11(13,14)12(15,16)17/h8H,2-7H2,1H3,(H,18,21)(H,19,20). The van der Waals surface area contributed by atoms with Crippen molar-refractivity contribution in [3.05, 3.63) is 0 Å². The minimum Gasteiger partial charge on any atom is -0.481 e. The number of carboxylic acids is 1. The first-order chi connectivity index (χ1) is 9.52. The summed E-state index contributed by atoms with van der Waals surface area (Å²) >= 11 is 0. The molecule has 0 heterocycles. The number of hydrogen-bond acceptors (Lipinski definition) is 2. The lowest BCUT2D eigenvalue weighted by Gasteiger charge is -2.20. The van der Waals surface area contributed by atoms with Gasteiger partial charge in [0.15, 0.2) is 0 Å². The van der Waals surface area contributed by atoms with Gasteiger partial charge in [0.05, 0.1) is 0 Å². The highest BCUT2D eigenvalue weighted by atomic mass is 19.4. The average Bonchev–Trinajstić information content (AvgIpc) is 2.34. The topological polar surface area (TPSA) is 66.4 Å². The van der Waals surface area contributed by atoms with Gasteiger partial charge >= 0.3 is 18.1 Å². The van der Waals surface area contributed by atoms with Gasteiger partial charge in [-0.3, -0.25) is 9.59 Å². The van der Waals surface area contributed by atoms with Crippen LogP contribution in [0.1, 0.15) is 39.0 Å². The fourth-order valence-corrected chi connectivity index (χ4v) is 1.80. The van der Waals surface area contributed by atoms with Crippen molar-refractivity contribution in [1.29, 1.82) is 0 Å². The lowest BCUT2D eigenvalue weighted by molar-refractivity contribution is -0.269. The van der Waals surface area contributed by atoms with Gasteiger partial charge in [-0.25, -0.2) is 0 Å². The van der Waals surface area contributed by atoms with Gasteiger partial charge in [0.2, 0.25) is 0 Å². The molecule has 0 aromatic carbocycles. The second-order valence-corrected chi connectivity index (χ2v) is 4.70. The molecule has 1 atom stereocenters. The highest BCUT2D eigenvalue weighted by Gasteiger charge is 2.63. The Hall–Kier alpha value is -1.41. The van der Waals surface area contributed by atoms with Gasteiger partial charge in [-0.15, -0.1) is 0 Å². The molecule has 9 heteroatoms. The molecule has 0 aromatic heterocycles. The molecule has 0 rings (SSSR count). The number of amides is 1. The summed E-state index contributed by atoms with van der Waals surface area (Å²) in [4.78, 5) is 21.3. The molecule has 21 heavy (non-hydrogen) atoms. The third-order valence-corrected chi connectivity index (χ3v) is 2.94. The van der Waals surface area contributed by atoms with E-state index in [2.05, 4.69) is 0 Å². The van der Waals surface area contributed by atoms with Crippen molar-refractivity contribution in [1.82, 2.24) is 5.32 Å². The van der Waals surface area contributed by atoms with E-state index >= 15 is 0 Å². The van der Waals surface area contributed by atoms with Gasteiger partial charge in [-0.05, 0) is 18.8 Å². The van der Waals surface area contributed by atoms with Gasteiger partial charge in [-0.2, -0.15) is 22.0 Å². The van der Waals surface area contributed by atoms with Crippen molar-refractivity contribution in [2.45, 2.75) is 51.1 Å². The zero-order valence-electron chi connectivity index (χ0n) is 11.5. The van der Waals surface area contributed by atoms with Gasteiger partial charge in [0.1, 0.15) is 0 Å². The molecular formula is C12H18F5NO3. The Morgan fingerprint density at radius 2 is 1.67 bits per heavy atom. The Morgan fingerprint density at radius 1 is 1.10 bits per heavy atom. The zero-order valence-corrected chi connectivity index (χ0v) is 11.5. The molecule has 2 N–H and O–H groups in total. The Morgan fingerprint density at radius 3 is 2.10 bits per heavy atom. The lowest BCUT2D eigenvalue weighted by Crippen LogP contribution is -2.50. The Balaban J connectivity index is 4.31. The van der Waals surface area contributed by atoms with Crippen LogP contribution in [0.4, 0.5) is 22.0 Å². The molecule has 0 aliphatic carbocycles. The number of alkyl halides is 5. The molecule has 124 valence electrons. The second kappa shape index (κ2) is 8.14. The molecule has 0 aromatic rings. The quantitative estimate of drug-likeness (QED) is 0.642. The van der Waals surface area contributed by atoms with E-state index in [-0.39, 0.29) is 31.7 Å². The van der Waals surface area contributed by atoms with Crippen molar-refractivity contribution in [2.75, 3.05) is 6.54 Å². The van der Waals surface area contributed by atoms with E-state index in [4.69, 9.17) is 5.11 Å². The molecule has 0 fully saturated rings. The Bertz CT molecular complexity index is 357. The fourth-order valence-electron chi connectivity index (χ4n) is 1.80. The molecule has 1 unspecified atom stereocenters. The lowest BCUT2D eigenvalue weighted by atomic mass is 9.94. The van der Waals surface area contributed by atoms with Crippen LogP contribution in [0, 0.1) is 5.92 Å². The molecule has 0 spiro atoms. The normalized spacial score (nSPS) is 13.8. The van der Waals surface area contributed by atoms with E-state index in [1.807, 2.05) is 6.92 Å². The second-order valence-electron chi connectivity index (χ2n) is 4.70. The highest BCUT2D eigenvalue weighted by Crippen LogP contribution is 2.35. The van der Waals surface area contributed by atoms with Gasteiger partial charge in [0, 0.05) is 13.0 Å². The van der Waals surface area contributed by atoms with E-state index in [1.165, 1.54) is 0 Å². The number of halogens is 5. The Kier molecular flexibility index (Phi) is 7.59. The average molecular weight is 319 g/mol. The minimum atomic E-state index is -5.93. The molecule has 0 saturated heterocycles. The highest BCUT2D eigenvalue weighted by molar-refractivity contribution is 5.84. The van der Waals surface area contributed by atoms with Crippen LogP contribution >= 0.6 is 0 Å². The molecule has 0 radical (unpaired) electrons. The maximum Gasteiger partial charge on any atom is 0.463 e. The van der Waals surface area contributed by atoms with Crippen LogP contribution < -0.4 is 5.32 Å².